The Balaban J connectivity index is 1.53. The molecule has 128 valence electrons. The molecule has 6 heteroatoms. The number of hydrogen-bond donors (Lipinski definition) is 3. The number of aliphatic hydroxyl groups excluding tert-OH is 1. The Bertz CT molecular complexity index is 523. The molecular weight excluding hydrogens is 292 g/mol. The van der Waals surface area contributed by atoms with Crippen molar-refractivity contribution >= 4 is 6.03 Å². The molecule has 0 radical (unpaired) electrons. The first kappa shape index (κ1) is 16.3. The number of hydrogen-bond acceptors (Lipinski definition) is 3. The number of carbonyl (C=O) groups is 1. The fraction of sp³-hybridized carbons (Fsp3) is 0.765. The zero-order valence-corrected chi connectivity index (χ0v) is 13.8. The van der Waals surface area contributed by atoms with E-state index in [0.29, 0.717) is 12.5 Å². The van der Waals surface area contributed by atoms with Crippen molar-refractivity contribution in [2.75, 3.05) is 13.2 Å². The molecule has 0 unspecified atom stereocenters. The van der Waals surface area contributed by atoms with E-state index in [0.717, 1.165) is 37.1 Å². The molecule has 2 aliphatic carbocycles. The van der Waals surface area contributed by atoms with Crippen LogP contribution in [0.25, 0.3) is 0 Å². The zero-order valence-electron chi connectivity index (χ0n) is 13.8. The first-order valence-electron chi connectivity index (χ1n) is 8.97. The Kier molecular flexibility index (Phi) is 5.54. The number of aromatic nitrogens is 2. The lowest BCUT2D eigenvalue weighted by molar-refractivity contribution is 0.230. The van der Waals surface area contributed by atoms with Crippen molar-refractivity contribution in [3.8, 4) is 0 Å². The molecule has 23 heavy (non-hydrogen) atoms. The number of amides is 2. The van der Waals surface area contributed by atoms with Gasteiger partial charge in [0.1, 0.15) is 0 Å². The average Bonchev–Trinajstić information content (AvgIpc) is 2.99. The average molecular weight is 320 g/mol. The number of nitrogens with one attached hydrogen (secondary N) is 2. The van der Waals surface area contributed by atoms with Crippen molar-refractivity contribution < 1.29 is 9.90 Å². The summed E-state index contributed by atoms with van der Waals surface area (Å²) in [4.78, 5) is 12.2. The third-order valence-electron chi connectivity index (χ3n) is 5.16. The molecule has 3 rings (SSSR count). The summed E-state index contributed by atoms with van der Waals surface area (Å²) in [7, 11) is 0. The highest BCUT2D eigenvalue weighted by Crippen LogP contribution is 2.29. The molecule has 6 nitrogen and oxygen atoms in total. The van der Waals surface area contributed by atoms with Crippen LogP contribution in [-0.2, 0) is 13.0 Å². The normalized spacial score (nSPS) is 21.7. The third-order valence-corrected chi connectivity index (χ3v) is 5.16. The summed E-state index contributed by atoms with van der Waals surface area (Å²) in [5.41, 5.74) is 2.26. The van der Waals surface area contributed by atoms with Crippen LogP contribution in [0.4, 0.5) is 4.79 Å². The molecule has 0 bridgehead atoms. The Labute approximate surface area is 137 Å². The molecule has 1 heterocycles. The number of urea groups is 1. The second-order valence-electron chi connectivity index (χ2n) is 6.80. The minimum absolute atomic E-state index is 0.0394. The SMILES string of the molecule is O=C(NCC1CCCCC1)N[C@H]1CCCc2c1cnn2CCO. The molecule has 2 aliphatic rings. The molecule has 0 aromatic carbocycles. The van der Waals surface area contributed by atoms with Gasteiger partial charge in [0.25, 0.3) is 0 Å². The van der Waals surface area contributed by atoms with Gasteiger partial charge in [-0.3, -0.25) is 4.68 Å². The topological polar surface area (TPSA) is 79.2 Å². The highest BCUT2D eigenvalue weighted by Gasteiger charge is 2.25. The summed E-state index contributed by atoms with van der Waals surface area (Å²) in [5, 5.41) is 19.6. The summed E-state index contributed by atoms with van der Waals surface area (Å²) < 4.78 is 1.86. The van der Waals surface area contributed by atoms with Crippen LogP contribution in [0.15, 0.2) is 6.20 Å². The molecule has 1 saturated carbocycles. The van der Waals surface area contributed by atoms with E-state index in [9.17, 15) is 4.79 Å². The van der Waals surface area contributed by atoms with Crippen molar-refractivity contribution in [2.45, 2.75) is 64.0 Å². The van der Waals surface area contributed by atoms with Crippen LogP contribution in [-0.4, -0.2) is 34.1 Å². The minimum atomic E-state index is -0.0664. The summed E-state index contributed by atoms with van der Waals surface area (Å²) >= 11 is 0. The third kappa shape index (κ3) is 4.05. The Hall–Kier alpha value is -1.56. The molecule has 0 spiro atoms. The van der Waals surface area contributed by atoms with Crippen molar-refractivity contribution in [3.63, 3.8) is 0 Å². The van der Waals surface area contributed by atoms with Gasteiger partial charge in [-0.2, -0.15) is 5.10 Å². The van der Waals surface area contributed by atoms with Gasteiger partial charge in [-0.1, -0.05) is 19.3 Å². The van der Waals surface area contributed by atoms with Crippen LogP contribution in [0.1, 0.15) is 62.2 Å². The maximum atomic E-state index is 12.2. The molecule has 1 fully saturated rings. The van der Waals surface area contributed by atoms with Crippen LogP contribution in [0, 0.1) is 5.92 Å². The van der Waals surface area contributed by atoms with E-state index < -0.39 is 0 Å². The van der Waals surface area contributed by atoms with Crippen molar-refractivity contribution in [1.82, 2.24) is 20.4 Å². The Morgan fingerprint density at radius 2 is 2.09 bits per heavy atom. The molecule has 0 aliphatic heterocycles. The second-order valence-corrected chi connectivity index (χ2v) is 6.80. The lowest BCUT2D eigenvalue weighted by Crippen LogP contribution is -2.41. The zero-order chi connectivity index (χ0) is 16.1. The first-order valence-corrected chi connectivity index (χ1v) is 8.97. The first-order chi connectivity index (χ1) is 11.3. The molecule has 1 aromatic rings. The summed E-state index contributed by atoms with van der Waals surface area (Å²) in [6, 6.07) is -0.0270. The fourth-order valence-corrected chi connectivity index (χ4v) is 3.89. The van der Waals surface area contributed by atoms with Crippen molar-refractivity contribution in [3.05, 3.63) is 17.5 Å². The number of fused-ring (bicyclic) bond motifs is 1. The molecule has 1 atom stereocenters. The molecule has 2 amide bonds. The van der Waals surface area contributed by atoms with Crippen LogP contribution in [0.2, 0.25) is 0 Å². The molecular formula is C17H28N4O2. The Morgan fingerprint density at radius 3 is 2.87 bits per heavy atom. The predicted molar refractivity (Wildman–Crippen MR) is 88.1 cm³/mol. The molecule has 1 aromatic heterocycles. The largest absolute Gasteiger partial charge is 0.394 e. The number of rotatable bonds is 5. The minimum Gasteiger partial charge on any atom is -0.394 e. The summed E-state index contributed by atoms with van der Waals surface area (Å²) in [6.07, 6.45) is 11.2. The monoisotopic (exact) mass is 320 g/mol. The van der Waals surface area contributed by atoms with Gasteiger partial charge in [-0.05, 0) is 38.0 Å². The number of aliphatic hydroxyl groups is 1. The van der Waals surface area contributed by atoms with Gasteiger partial charge < -0.3 is 15.7 Å². The van der Waals surface area contributed by atoms with E-state index in [-0.39, 0.29) is 18.7 Å². The van der Waals surface area contributed by atoms with E-state index in [4.69, 9.17) is 5.11 Å². The predicted octanol–water partition coefficient (Wildman–Crippen LogP) is 2.13. The van der Waals surface area contributed by atoms with Gasteiger partial charge in [0.15, 0.2) is 0 Å². The van der Waals surface area contributed by atoms with E-state index in [1.165, 1.54) is 32.1 Å². The van der Waals surface area contributed by atoms with Crippen molar-refractivity contribution in [2.24, 2.45) is 5.92 Å². The quantitative estimate of drug-likeness (QED) is 0.777. The maximum absolute atomic E-state index is 12.2. The van der Waals surface area contributed by atoms with Crippen LogP contribution in [0.5, 0.6) is 0 Å². The number of nitrogens with zero attached hydrogens (tertiary/aromatic N) is 2. The van der Waals surface area contributed by atoms with E-state index in [1.807, 2.05) is 10.9 Å². The Morgan fingerprint density at radius 1 is 1.26 bits per heavy atom. The standard InChI is InChI=1S/C17H28N4O2/c22-10-9-21-16-8-4-7-15(14(16)12-19-21)20-17(23)18-11-13-5-2-1-3-6-13/h12-13,15,22H,1-11H2,(H2,18,20,23)/t15-/m0/s1. The van der Waals surface area contributed by atoms with Gasteiger partial charge in [0.05, 0.1) is 25.4 Å². The highest BCUT2D eigenvalue weighted by molar-refractivity contribution is 5.74. The van der Waals surface area contributed by atoms with Crippen LogP contribution in [0.3, 0.4) is 0 Å². The smallest absolute Gasteiger partial charge is 0.315 e. The van der Waals surface area contributed by atoms with E-state index in [1.54, 1.807) is 0 Å². The van der Waals surface area contributed by atoms with Gasteiger partial charge in [-0.15, -0.1) is 0 Å². The molecule has 3 N–H and O–H groups in total. The second kappa shape index (κ2) is 7.81. The van der Waals surface area contributed by atoms with Crippen LogP contribution >= 0.6 is 0 Å². The van der Waals surface area contributed by atoms with Crippen LogP contribution < -0.4 is 10.6 Å². The lowest BCUT2D eigenvalue weighted by Gasteiger charge is -2.26. The van der Waals surface area contributed by atoms with Gasteiger partial charge in [0.2, 0.25) is 0 Å². The van der Waals surface area contributed by atoms with Gasteiger partial charge in [0, 0.05) is 17.8 Å². The molecule has 0 saturated heterocycles. The van der Waals surface area contributed by atoms with Gasteiger partial charge in [-0.25, -0.2) is 4.79 Å². The van der Waals surface area contributed by atoms with E-state index in [2.05, 4.69) is 15.7 Å². The van der Waals surface area contributed by atoms with Gasteiger partial charge >= 0.3 is 6.03 Å². The maximum Gasteiger partial charge on any atom is 0.315 e. The fourth-order valence-electron chi connectivity index (χ4n) is 3.89. The van der Waals surface area contributed by atoms with Crippen molar-refractivity contribution in [1.29, 1.82) is 0 Å². The lowest BCUT2D eigenvalue weighted by atomic mass is 9.89. The number of carbonyl (C=O) groups excluding carboxylic acids is 1. The summed E-state index contributed by atoms with van der Waals surface area (Å²) in [6.45, 7) is 1.40. The van der Waals surface area contributed by atoms with E-state index >= 15 is 0 Å². The highest BCUT2D eigenvalue weighted by atomic mass is 16.3. The summed E-state index contributed by atoms with van der Waals surface area (Å²) in [5.74, 6) is 0.642.